The average Bonchev–Trinajstić information content (AvgIpc) is 3.23. The molecule has 1 N–H and O–H groups in total. The number of Topliss-reactive ketones (excluding diaryl/α,β-unsaturated/α-hetero) is 1. The first-order chi connectivity index (χ1) is 17.2. The molecule has 5 aliphatic rings. The Morgan fingerprint density at radius 2 is 1.95 bits per heavy atom. The summed E-state index contributed by atoms with van der Waals surface area (Å²) in [6.45, 7) is 8.68. The molecule has 0 aromatic rings. The van der Waals surface area contributed by atoms with Gasteiger partial charge in [0.2, 0.25) is 5.78 Å². The molecule has 0 aromatic carbocycles. The summed E-state index contributed by atoms with van der Waals surface area (Å²) >= 11 is 0. The number of halogens is 1. The predicted octanol–water partition coefficient (Wildman–Crippen LogP) is 4.16. The molecule has 5 rings (SSSR count). The van der Waals surface area contributed by atoms with Crippen LogP contribution in [0.2, 0.25) is 0 Å². The van der Waals surface area contributed by atoms with Gasteiger partial charge in [0, 0.05) is 23.2 Å². The van der Waals surface area contributed by atoms with Gasteiger partial charge in [-0.2, -0.15) is 0 Å². The van der Waals surface area contributed by atoms with Crippen LogP contribution in [0.3, 0.4) is 0 Å². The van der Waals surface area contributed by atoms with Gasteiger partial charge in [-0.25, -0.2) is 4.39 Å². The van der Waals surface area contributed by atoms with Gasteiger partial charge in [0.15, 0.2) is 29.4 Å². The Hall–Kier alpha value is -1.90. The number of aliphatic hydroxyl groups is 1. The Morgan fingerprint density at radius 1 is 1.22 bits per heavy atom. The predicted molar refractivity (Wildman–Crippen MR) is 132 cm³/mol. The van der Waals surface area contributed by atoms with Crippen LogP contribution < -0.4 is 0 Å². The minimum Gasteiger partial charge on any atom is -0.458 e. The number of allylic oxidation sites excluding steroid dienone is 4. The average molecular weight is 519 g/mol. The number of rotatable bonds is 6. The van der Waals surface area contributed by atoms with Crippen molar-refractivity contribution in [3.63, 3.8) is 0 Å². The highest BCUT2D eigenvalue weighted by molar-refractivity contribution is 6.01. The topological polar surface area (TPSA) is 99.1 Å². The van der Waals surface area contributed by atoms with Crippen LogP contribution in [0.1, 0.15) is 79.6 Å². The summed E-state index contributed by atoms with van der Waals surface area (Å²) < 4.78 is 35.5. The normalized spacial score (nSPS) is 45.4. The van der Waals surface area contributed by atoms with Crippen LogP contribution in [0, 0.1) is 22.7 Å². The van der Waals surface area contributed by atoms with E-state index in [2.05, 4.69) is 0 Å². The van der Waals surface area contributed by atoms with Crippen molar-refractivity contribution in [2.75, 3.05) is 6.61 Å². The monoisotopic (exact) mass is 518 g/mol. The van der Waals surface area contributed by atoms with Crippen molar-refractivity contribution in [1.29, 1.82) is 0 Å². The second kappa shape index (κ2) is 8.55. The summed E-state index contributed by atoms with van der Waals surface area (Å²) in [5.41, 5.74) is -4.83. The molecule has 1 aliphatic heterocycles. The van der Waals surface area contributed by atoms with Crippen LogP contribution in [0.25, 0.3) is 0 Å². The number of hydrogen-bond donors (Lipinski definition) is 1. The van der Waals surface area contributed by atoms with Crippen LogP contribution in [-0.4, -0.2) is 58.5 Å². The summed E-state index contributed by atoms with van der Waals surface area (Å²) in [7, 11) is 0. The third kappa shape index (κ3) is 3.51. The molecule has 3 unspecified atom stereocenters. The molecule has 4 fully saturated rings. The number of carbonyl (C=O) groups is 3. The lowest BCUT2D eigenvalue weighted by Gasteiger charge is -2.62. The highest BCUT2D eigenvalue weighted by Gasteiger charge is 2.80. The molecule has 1 heterocycles. The van der Waals surface area contributed by atoms with Crippen molar-refractivity contribution in [2.45, 2.75) is 109 Å². The number of ketones is 2. The number of carbonyl (C=O) groups excluding carboxylic acids is 3. The maximum atomic E-state index is 17.4. The molecule has 0 bridgehead atoms. The number of ether oxygens (including phenoxy) is 3. The van der Waals surface area contributed by atoms with Crippen LogP contribution in [0.5, 0.6) is 0 Å². The number of esters is 1. The van der Waals surface area contributed by atoms with Crippen molar-refractivity contribution in [2.24, 2.45) is 22.7 Å². The van der Waals surface area contributed by atoms with E-state index in [0.717, 1.165) is 6.42 Å². The van der Waals surface area contributed by atoms with Gasteiger partial charge >= 0.3 is 5.97 Å². The first kappa shape index (κ1) is 26.7. The standard InChI is InChI=1S/C29H39FO7/c1-6-7-8-24(34)35-16-22(33)29-23(36-25(2,3)37-29)14-20-19-10-9-17-13-18(31)11-12-26(17,4)28(19,30)21(32)15-27(20,29)5/h11-13,19-21,23,32H,6-10,14-16H2,1-5H3/t19?,20-,21-,23+,26?,27?,28-,29+/m0/s1. The Balaban J connectivity index is 1.52. The van der Waals surface area contributed by atoms with Gasteiger partial charge in [-0.05, 0) is 70.9 Å². The summed E-state index contributed by atoms with van der Waals surface area (Å²) in [4.78, 5) is 38.2. The third-order valence-electron chi connectivity index (χ3n) is 10.1. The van der Waals surface area contributed by atoms with E-state index in [9.17, 15) is 19.5 Å². The van der Waals surface area contributed by atoms with Gasteiger partial charge in [0.05, 0.1) is 12.2 Å². The number of hydrogen-bond acceptors (Lipinski definition) is 7. The summed E-state index contributed by atoms with van der Waals surface area (Å²) in [6.07, 6.45) is 5.59. The maximum absolute atomic E-state index is 17.4. The van der Waals surface area contributed by atoms with Crippen LogP contribution in [0.15, 0.2) is 23.8 Å². The van der Waals surface area contributed by atoms with Gasteiger partial charge in [0.1, 0.15) is 0 Å². The van der Waals surface area contributed by atoms with E-state index in [-0.39, 0.29) is 24.5 Å². The summed E-state index contributed by atoms with van der Waals surface area (Å²) in [5.74, 6) is -2.95. The minimum absolute atomic E-state index is 0.0131. The molecule has 0 amide bonds. The quantitative estimate of drug-likeness (QED) is 0.527. The second-order valence-corrected chi connectivity index (χ2v) is 12.5. The number of fused-ring (bicyclic) bond motifs is 7. The van der Waals surface area contributed by atoms with Crippen LogP contribution in [0.4, 0.5) is 4.39 Å². The molecule has 37 heavy (non-hydrogen) atoms. The van der Waals surface area contributed by atoms with Crippen molar-refractivity contribution < 1.29 is 38.1 Å². The number of unbranched alkanes of at least 4 members (excludes halogenated alkanes) is 1. The molecular weight excluding hydrogens is 479 g/mol. The molecule has 8 atom stereocenters. The molecule has 3 saturated carbocycles. The molecule has 204 valence electrons. The zero-order valence-corrected chi connectivity index (χ0v) is 22.5. The molecule has 0 radical (unpaired) electrons. The van der Waals surface area contributed by atoms with E-state index in [4.69, 9.17) is 14.2 Å². The molecule has 7 nitrogen and oxygen atoms in total. The van der Waals surface area contributed by atoms with Gasteiger partial charge in [-0.1, -0.05) is 31.9 Å². The SMILES string of the molecule is CCCCC(=O)OCC(=O)[C@@]12OC(C)(C)O[C@@H]1C[C@H]1C3CCC4=CC(=O)C=CC4(C)[C@@]3(F)[C@@H](O)CC12C. The first-order valence-electron chi connectivity index (χ1n) is 13.6. The van der Waals surface area contributed by atoms with Crippen LogP contribution >= 0.6 is 0 Å². The summed E-state index contributed by atoms with van der Waals surface area (Å²) in [6, 6.07) is 0. The zero-order valence-electron chi connectivity index (χ0n) is 22.5. The van der Waals surface area contributed by atoms with Crippen molar-refractivity contribution in [3.05, 3.63) is 23.8 Å². The molecule has 0 aromatic heterocycles. The molecule has 0 spiro atoms. The van der Waals surface area contributed by atoms with E-state index < -0.39 is 64.4 Å². The number of alkyl halides is 1. The fourth-order valence-electron chi connectivity index (χ4n) is 8.46. The van der Waals surface area contributed by atoms with Crippen LogP contribution in [-0.2, 0) is 28.6 Å². The third-order valence-corrected chi connectivity index (χ3v) is 10.1. The van der Waals surface area contributed by atoms with Gasteiger partial charge in [-0.3, -0.25) is 14.4 Å². The molecular formula is C29H39FO7. The molecule has 4 aliphatic carbocycles. The second-order valence-electron chi connectivity index (χ2n) is 12.5. The van der Waals surface area contributed by atoms with E-state index in [1.807, 2.05) is 13.8 Å². The van der Waals surface area contributed by atoms with Crippen molar-refractivity contribution in [3.8, 4) is 0 Å². The van der Waals surface area contributed by atoms with Gasteiger partial charge < -0.3 is 19.3 Å². The molecule has 8 heteroatoms. The first-order valence-corrected chi connectivity index (χ1v) is 13.6. The van der Waals surface area contributed by atoms with Gasteiger partial charge in [-0.15, -0.1) is 0 Å². The van der Waals surface area contributed by atoms with Crippen molar-refractivity contribution in [1.82, 2.24) is 0 Å². The number of aliphatic hydroxyl groups excluding tert-OH is 1. The van der Waals surface area contributed by atoms with Crippen molar-refractivity contribution >= 4 is 17.5 Å². The lowest BCUT2D eigenvalue weighted by atomic mass is 9.44. The minimum atomic E-state index is -2.01. The Labute approximate surface area is 217 Å². The van der Waals surface area contributed by atoms with E-state index in [1.165, 1.54) is 12.2 Å². The Kier molecular flexibility index (Phi) is 6.17. The molecule has 1 saturated heterocycles. The maximum Gasteiger partial charge on any atom is 0.306 e. The van der Waals surface area contributed by atoms with E-state index >= 15 is 4.39 Å². The smallest absolute Gasteiger partial charge is 0.306 e. The lowest BCUT2D eigenvalue weighted by Crippen LogP contribution is -2.70. The Bertz CT molecular complexity index is 1080. The Morgan fingerprint density at radius 3 is 2.65 bits per heavy atom. The zero-order chi connectivity index (χ0) is 27.0. The lowest BCUT2D eigenvalue weighted by molar-refractivity contribution is -0.246. The fraction of sp³-hybridized carbons (Fsp3) is 0.759. The highest BCUT2D eigenvalue weighted by atomic mass is 19.1. The highest BCUT2D eigenvalue weighted by Crippen LogP contribution is 2.72. The summed E-state index contributed by atoms with van der Waals surface area (Å²) in [5, 5.41) is 11.6. The van der Waals surface area contributed by atoms with E-state index in [0.29, 0.717) is 31.3 Å². The van der Waals surface area contributed by atoms with E-state index in [1.54, 1.807) is 26.8 Å². The largest absolute Gasteiger partial charge is 0.458 e. The fourth-order valence-corrected chi connectivity index (χ4v) is 8.46. The van der Waals surface area contributed by atoms with Gasteiger partial charge in [0.25, 0.3) is 0 Å².